The van der Waals surface area contributed by atoms with Crippen molar-refractivity contribution in [2.75, 3.05) is 0 Å². The number of carbonyl (C=O) groups is 4. The number of ether oxygens (including phenoxy) is 4. The third-order valence-corrected chi connectivity index (χ3v) is 16.1. The van der Waals surface area contributed by atoms with Gasteiger partial charge in [-0.1, -0.05) is 0 Å². The van der Waals surface area contributed by atoms with Crippen molar-refractivity contribution in [2.45, 2.75) is 0 Å². The minimum atomic E-state index is -3.41. The van der Waals surface area contributed by atoms with E-state index >= 15 is 0 Å². The number of carbonyl (C=O) groups excluding carboxylic acids is 4. The van der Waals surface area contributed by atoms with E-state index in [0.29, 0.717) is 46.0 Å². The molecular weight excluding hydrogens is 1040 g/mol. The summed E-state index contributed by atoms with van der Waals surface area (Å²) < 4.78 is 49.1. The van der Waals surface area contributed by atoms with E-state index in [4.69, 9.17) is 31.0 Å². The van der Waals surface area contributed by atoms with Crippen LogP contribution in [0.5, 0.6) is 46.0 Å². The molecule has 5 rings (SSSR count). The molecule has 0 fully saturated rings. The van der Waals surface area contributed by atoms with Crippen LogP contribution >= 0.6 is 0 Å². The van der Waals surface area contributed by atoms with Gasteiger partial charge in [0.2, 0.25) is 0 Å². The molecule has 322 valence electrons. The Morgan fingerprint density at radius 2 is 0.500 bits per heavy atom. The summed E-state index contributed by atoms with van der Waals surface area (Å²) in [7, 11) is 0. The number of hydrogen-bond donors (Lipinski definition) is 0. The first-order chi connectivity index (χ1) is 31.1. The number of esters is 4. The standard InChI is InChI=1S/4C11H10O3.C6H4.2Sb/c4*1-2-3-4-11(13)14-10-7-5-9(12)6-8-10;1-2-4-6-5-3-1;;/h4*2-8,12H,1H2;1-2,5-6H;;/q;;;;;2*+2/p-4. The van der Waals surface area contributed by atoms with Crippen LogP contribution in [0.25, 0.3) is 0 Å². The molecule has 12 nitrogen and oxygen atoms in total. The second-order valence-corrected chi connectivity index (χ2v) is 20.3. The van der Waals surface area contributed by atoms with Gasteiger partial charge in [-0.25, -0.2) is 0 Å². The monoisotopic (exact) mass is 1070 g/mol. The van der Waals surface area contributed by atoms with Gasteiger partial charge in [-0.15, -0.1) is 0 Å². The molecule has 0 aliphatic rings. The van der Waals surface area contributed by atoms with Gasteiger partial charge in [-0.2, -0.15) is 0 Å². The third-order valence-electron chi connectivity index (χ3n) is 7.67. The van der Waals surface area contributed by atoms with Crippen LogP contribution in [-0.2, 0) is 19.2 Å². The molecule has 5 aromatic rings. The summed E-state index contributed by atoms with van der Waals surface area (Å²) >= 11 is -6.82. The quantitative estimate of drug-likeness (QED) is 0.0218. The van der Waals surface area contributed by atoms with E-state index in [2.05, 4.69) is 26.3 Å². The van der Waals surface area contributed by atoms with E-state index in [1.54, 1.807) is 97.1 Å². The van der Waals surface area contributed by atoms with Gasteiger partial charge in [0, 0.05) is 0 Å². The first-order valence-corrected chi connectivity index (χ1v) is 25.7. The van der Waals surface area contributed by atoms with Gasteiger partial charge in [-0.05, 0) is 0 Å². The van der Waals surface area contributed by atoms with E-state index in [1.165, 1.54) is 72.9 Å². The van der Waals surface area contributed by atoms with Crippen molar-refractivity contribution in [1.82, 2.24) is 0 Å². The van der Waals surface area contributed by atoms with Gasteiger partial charge in [0.25, 0.3) is 0 Å². The molecule has 0 unspecified atom stereocenters. The minimum absolute atomic E-state index is 0.318. The number of rotatable bonds is 22. The zero-order valence-electron chi connectivity index (χ0n) is 34.1. The van der Waals surface area contributed by atoms with Gasteiger partial charge in [0.1, 0.15) is 0 Å². The first kappa shape index (κ1) is 47.8. The maximum atomic E-state index is 12.1. The van der Waals surface area contributed by atoms with E-state index in [0.717, 1.165) is 7.02 Å². The predicted molar refractivity (Wildman–Crippen MR) is 245 cm³/mol. The van der Waals surface area contributed by atoms with Crippen LogP contribution < -0.4 is 38.0 Å². The average molecular weight is 1080 g/mol. The van der Waals surface area contributed by atoms with E-state index in [-0.39, 0.29) is 0 Å². The summed E-state index contributed by atoms with van der Waals surface area (Å²) in [4.78, 5) is 48.4. The topological polar surface area (TPSA) is 142 Å². The van der Waals surface area contributed by atoms with Crippen molar-refractivity contribution in [3.05, 3.63) is 221 Å². The molecule has 0 saturated heterocycles. The molecule has 0 spiro atoms. The van der Waals surface area contributed by atoms with Gasteiger partial charge >= 0.3 is 390 Å². The van der Waals surface area contributed by atoms with Crippen LogP contribution in [0.4, 0.5) is 0 Å². The Hall–Kier alpha value is -7.26. The Morgan fingerprint density at radius 3 is 0.688 bits per heavy atom. The van der Waals surface area contributed by atoms with Gasteiger partial charge < -0.3 is 0 Å². The van der Waals surface area contributed by atoms with E-state index < -0.39 is 66.0 Å². The van der Waals surface area contributed by atoms with Crippen LogP contribution in [0.1, 0.15) is 0 Å². The zero-order valence-corrected chi connectivity index (χ0v) is 39.2. The molecule has 64 heavy (non-hydrogen) atoms. The molecule has 0 aliphatic carbocycles. The molecule has 0 aliphatic heterocycles. The van der Waals surface area contributed by atoms with Crippen molar-refractivity contribution in [1.29, 1.82) is 0 Å². The molecule has 14 heteroatoms. The molecule has 0 atom stereocenters. The fraction of sp³-hybridized carbons (Fsp3) is 0. The molecule has 0 saturated carbocycles. The number of hydrogen-bond acceptors (Lipinski definition) is 12. The summed E-state index contributed by atoms with van der Waals surface area (Å²) in [5.41, 5.74) is 0. The molecule has 0 N–H and O–H groups in total. The van der Waals surface area contributed by atoms with Crippen molar-refractivity contribution < 1.29 is 50.2 Å². The van der Waals surface area contributed by atoms with Gasteiger partial charge in [0.05, 0.1) is 0 Å². The van der Waals surface area contributed by atoms with Crippen molar-refractivity contribution in [3.8, 4) is 46.0 Å². The Kier molecular flexibility index (Phi) is 19.1. The zero-order chi connectivity index (χ0) is 45.5. The maximum absolute atomic E-state index is 12.1. The van der Waals surface area contributed by atoms with Crippen LogP contribution in [0.3, 0.4) is 0 Å². The van der Waals surface area contributed by atoms with Gasteiger partial charge in [0.15, 0.2) is 0 Å². The van der Waals surface area contributed by atoms with Gasteiger partial charge in [-0.3, -0.25) is 0 Å². The predicted octanol–water partition coefficient (Wildman–Crippen LogP) is 7.98. The number of benzene rings is 5. The van der Waals surface area contributed by atoms with Crippen LogP contribution in [0.2, 0.25) is 0 Å². The van der Waals surface area contributed by atoms with E-state index in [1.807, 2.05) is 24.3 Å². The third kappa shape index (κ3) is 16.2. The fourth-order valence-electron chi connectivity index (χ4n) is 4.79. The Morgan fingerprint density at radius 1 is 0.312 bits per heavy atom. The normalized spacial score (nSPS) is 11.0. The molecule has 0 heterocycles. The molecule has 5 aromatic carbocycles. The summed E-state index contributed by atoms with van der Waals surface area (Å²) in [6.07, 6.45) is 16.8. The van der Waals surface area contributed by atoms with Crippen LogP contribution in [0, 0.1) is 0 Å². The van der Waals surface area contributed by atoms with Crippen molar-refractivity contribution >= 4 is 73.0 Å². The summed E-state index contributed by atoms with van der Waals surface area (Å²) in [5, 5.41) is 0. The Bertz CT molecular complexity index is 2190. The molecule has 0 bridgehead atoms. The molecular formula is C50H40O12Sb2. The average Bonchev–Trinajstić information content (AvgIpc) is 3.31. The summed E-state index contributed by atoms with van der Waals surface area (Å²) in [5.74, 6) is 0.960. The SMILES string of the molecule is C=CC=CC(=O)Oc1ccc([O][Sb]([O]c2ccc(OC(=O)C=CC=C)cc2)[c]2cc[c]([Sb]([O]c3ccc(OC(=O)C=CC=C)cc3)[O]c3ccc(OC(=O)C=CC=C)cc3)cc2)cc1. The van der Waals surface area contributed by atoms with Crippen molar-refractivity contribution in [2.24, 2.45) is 0 Å². The molecule has 0 amide bonds. The molecule has 0 radical (unpaired) electrons. The summed E-state index contributed by atoms with van der Waals surface area (Å²) in [6.45, 7) is 14.2. The van der Waals surface area contributed by atoms with E-state index in [9.17, 15) is 19.2 Å². The Balaban J connectivity index is 1.41. The molecule has 0 aromatic heterocycles. The van der Waals surface area contributed by atoms with Crippen molar-refractivity contribution in [3.63, 3.8) is 0 Å². The summed E-state index contributed by atoms with van der Waals surface area (Å²) in [6, 6.07) is 33.9. The van der Waals surface area contributed by atoms with Crippen LogP contribution in [0.15, 0.2) is 221 Å². The second-order valence-electron chi connectivity index (χ2n) is 12.3. The number of allylic oxidation sites excluding steroid dienone is 8. The first-order valence-electron chi connectivity index (χ1n) is 19.0. The fourth-order valence-corrected chi connectivity index (χ4v) is 12.0. The van der Waals surface area contributed by atoms with Crippen LogP contribution in [-0.4, -0.2) is 66.0 Å². The Labute approximate surface area is 387 Å². The second kappa shape index (κ2) is 25.6.